The summed E-state index contributed by atoms with van der Waals surface area (Å²) in [6, 6.07) is 27.7. The third kappa shape index (κ3) is 4.55. The van der Waals surface area contributed by atoms with Crippen LogP contribution >= 0.6 is 9.24 Å². The molecule has 0 amide bonds. The van der Waals surface area contributed by atoms with Crippen LogP contribution in [0.5, 0.6) is 0 Å². The molecule has 3 unspecified atom stereocenters. The monoisotopic (exact) mass is 347 g/mol. The van der Waals surface area contributed by atoms with E-state index in [0.29, 0.717) is 5.92 Å². The standard InChI is InChI=1S/C18H21P.C5H5N/c19-18(16-11-5-2-6-12-16)14-8-7-13-17(18)15-9-3-1-4-10-15;1-2-4-6-5-3-1/h1-6,9-12,17H,7-8,13-14,19H2;1-5H. The minimum absolute atomic E-state index is 0.209. The first-order chi connectivity index (χ1) is 12.3. The Hall–Kier alpha value is -1.98. The average molecular weight is 347 g/mol. The molecule has 1 aromatic heterocycles. The van der Waals surface area contributed by atoms with E-state index in [1.54, 1.807) is 12.4 Å². The normalized spacial score (nSPS) is 22.5. The van der Waals surface area contributed by atoms with E-state index in [-0.39, 0.29) is 5.16 Å². The molecule has 3 atom stereocenters. The highest BCUT2D eigenvalue weighted by atomic mass is 31.0. The van der Waals surface area contributed by atoms with Gasteiger partial charge in [-0.15, -0.1) is 9.24 Å². The van der Waals surface area contributed by atoms with Gasteiger partial charge in [0.25, 0.3) is 0 Å². The molecule has 1 heterocycles. The van der Waals surface area contributed by atoms with Gasteiger partial charge in [-0.3, -0.25) is 4.98 Å². The van der Waals surface area contributed by atoms with E-state index < -0.39 is 0 Å². The Balaban J connectivity index is 0.000000258. The Bertz CT molecular complexity index is 703. The summed E-state index contributed by atoms with van der Waals surface area (Å²) in [7, 11) is 3.19. The van der Waals surface area contributed by atoms with Crippen molar-refractivity contribution in [1.29, 1.82) is 0 Å². The van der Waals surface area contributed by atoms with Crippen molar-refractivity contribution >= 4 is 9.24 Å². The van der Waals surface area contributed by atoms with Crippen molar-refractivity contribution in [2.75, 3.05) is 0 Å². The van der Waals surface area contributed by atoms with Gasteiger partial charge in [-0.2, -0.15) is 0 Å². The van der Waals surface area contributed by atoms with Gasteiger partial charge >= 0.3 is 0 Å². The molecule has 2 heteroatoms. The van der Waals surface area contributed by atoms with Crippen molar-refractivity contribution in [2.24, 2.45) is 0 Å². The molecule has 0 bridgehead atoms. The fraction of sp³-hybridized carbons (Fsp3) is 0.261. The molecule has 2 aromatic carbocycles. The number of aromatic nitrogens is 1. The molecule has 1 fully saturated rings. The predicted molar refractivity (Wildman–Crippen MR) is 110 cm³/mol. The maximum absolute atomic E-state index is 3.78. The minimum atomic E-state index is 0.209. The number of benzene rings is 2. The van der Waals surface area contributed by atoms with Crippen molar-refractivity contribution in [2.45, 2.75) is 36.8 Å². The molecule has 25 heavy (non-hydrogen) atoms. The van der Waals surface area contributed by atoms with Gasteiger partial charge in [-0.05, 0) is 42.0 Å². The second-order valence-corrected chi connectivity index (χ2v) is 7.67. The molecule has 0 radical (unpaired) electrons. The first-order valence-corrected chi connectivity index (χ1v) is 9.63. The van der Waals surface area contributed by atoms with Gasteiger partial charge in [-0.1, -0.05) is 79.6 Å². The van der Waals surface area contributed by atoms with Gasteiger partial charge in [0.1, 0.15) is 0 Å². The van der Waals surface area contributed by atoms with Crippen LogP contribution < -0.4 is 0 Å². The Morgan fingerprint density at radius 3 is 1.92 bits per heavy atom. The van der Waals surface area contributed by atoms with E-state index in [1.807, 2.05) is 18.2 Å². The summed E-state index contributed by atoms with van der Waals surface area (Å²) >= 11 is 0. The van der Waals surface area contributed by atoms with E-state index in [9.17, 15) is 0 Å². The highest BCUT2D eigenvalue weighted by Crippen LogP contribution is 2.53. The Morgan fingerprint density at radius 1 is 0.760 bits per heavy atom. The predicted octanol–water partition coefficient (Wildman–Crippen LogP) is 6.20. The van der Waals surface area contributed by atoms with E-state index in [1.165, 1.54) is 36.8 Å². The van der Waals surface area contributed by atoms with Crippen molar-refractivity contribution < 1.29 is 0 Å². The average Bonchev–Trinajstić information content (AvgIpc) is 2.71. The molecule has 3 aromatic rings. The lowest BCUT2D eigenvalue weighted by Crippen LogP contribution is -2.30. The first kappa shape index (κ1) is 17.8. The SMILES string of the molecule is PC1(c2ccccc2)CCCCC1c1ccccc1.c1ccncc1. The fourth-order valence-corrected chi connectivity index (χ4v) is 4.51. The highest BCUT2D eigenvalue weighted by Gasteiger charge is 2.38. The highest BCUT2D eigenvalue weighted by molar-refractivity contribution is 7.18. The molecule has 0 aliphatic heterocycles. The quantitative estimate of drug-likeness (QED) is 0.503. The minimum Gasteiger partial charge on any atom is -0.265 e. The van der Waals surface area contributed by atoms with Crippen molar-refractivity contribution in [3.63, 3.8) is 0 Å². The number of hydrogen-bond acceptors (Lipinski definition) is 1. The van der Waals surface area contributed by atoms with E-state index in [0.717, 1.165) is 0 Å². The largest absolute Gasteiger partial charge is 0.265 e. The number of hydrogen-bond donors (Lipinski definition) is 0. The zero-order valence-electron chi connectivity index (χ0n) is 14.6. The van der Waals surface area contributed by atoms with Crippen LogP contribution in [0.3, 0.4) is 0 Å². The third-order valence-corrected chi connectivity index (χ3v) is 6.06. The summed E-state index contributed by atoms with van der Waals surface area (Å²) in [6.07, 6.45) is 8.74. The van der Waals surface area contributed by atoms with E-state index in [4.69, 9.17) is 0 Å². The van der Waals surface area contributed by atoms with Crippen LogP contribution in [0.25, 0.3) is 0 Å². The lowest BCUT2D eigenvalue weighted by Gasteiger charge is -2.42. The van der Waals surface area contributed by atoms with Gasteiger partial charge in [-0.25, -0.2) is 0 Å². The Morgan fingerprint density at radius 2 is 1.36 bits per heavy atom. The lowest BCUT2D eigenvalue weighted by molar-refractivity contribution is 0.350. The van der Waals surface area contributed by atoms with Gasteiger partial charge in [0, 0.05) is 17.5 Å². The summed E-state index contributed by atoms with van der Waals surface area (Å²) < 4.78 is 0. The Labute approximate surface area is 153 Å². The van der Waals surface area contributed by atoms with Crippen LogP contribution in [0.2, 0.25) is 0 Å². The maximum Gasteiger partial charge on any atom is 0.0267 e. The molecule has 0 N–H and O–H groups in total. The molecule has 128 valence electrons. The lowest BCUT2D eigenvalue weighted by atomic mass is 9.71. The van der Waals surface area contributed by atoms with Crippen LogP contribution in [-0.4, -0.2) is 4.98 Å². The van der Waals surface area contributed by atoms with Crippen molar-refractivity contribution in [3.8, 4) is 0 Å². The van der Waals surface area contributed by atoms with Crippen LogP contribution in [0.1, 0.15) is 42.7 Å². The van der Waals surface area contributed by atoms with Crippen LogP contribution in [0, 0.1) is 0 Å². The third-order valence-electron chi connectivity index (χ3n) is 5.03. The first-order valence-electron chi connectivity index (χ1n) is 9.05. The molecular weight excluding hydrogens is 321 g/mol. The van der Waals surface area contributed by atoms with Crippen LogP contribution in [-0.2, 0) is 5.16 Å². The van der Waals surface area contributed by atoms with E-state index >= 15 is 0 Å². The molecule has 4 rings (SSSR count). The van der Waals surface area contributed by atoms with Gasteiger partial charge in [0.05, 0.1) is 0 Å². The van der Waals surface area contributed by atoms with Gasteiger partial charge in [0.15, 0.2) is 0 Å². The van der Waals surface area contributed by atoms with Crippen molar-refractivity contribution in [3.05, 3.63) is 102 Å². The van der Waals surface area contributed by atoms with Crippen molar-refractivity contribution in [1.82, 2.24) is 4.98 Å². The molecule has 0 saturated heterocycles. The smallest absolute Gasteiger partial charge is 0.0267 e. The second-order valence-electron chi connectivity index (χ2n) is 6.64. The molecule has 1 saturated carbocycles. The topological polar surface area (TPSA) is 12.9 Å². The Kier molecular flexibility index (Phi) is 6.36. The summed E-state index contributed by atoms with van der Waals surface area (Å²) in [4.78, 5) is 3.78. The fourth-order valence-electron chi connectivity index (χ4n) is 3.75. The molecule has 1 aliphatic carbocycles. The number of nitrogens with zero attached hydrogens (tertiary/aromatic N) is 1. The number of rotatable bonds is 2. The summed E-state index contributed by atoms with van der Waals surface area (Å²) in [5, 5.41) is 0.209. The molecule has 1 nitrogen and oxygen atoms in total. The summed E-state index contributed by atoms with van der Waals surface area (Å²) in [6.45, 7) is 0. The maximum atomic E-state index is 3.78. The van der Waals surface area contributed by atoms with E-state index in [2.05, 4.69) is 74.9 Å². The van der Waals surface area contributed by atoms with Gasteiger partial charge < -0.3 is 0 Å². The molecule has 1 aliphatic rings. The second kappa shape index (κ2) is 8.92. The number of pyridine rings is 1. The zero-order valence-corrected chi connectivity index (χ0v) is 15.7. The zero-order chi connectivity index (χ0) is 17.4. The summed E-state index contributed by atoms with van der Waals surface area (Å²) in [5.74, 6) is 0.620. The van der Waals surface area contributed by atoms with Crippen LogP contribution in [0.4, 0.5) is 0 Å². The summed E-state index contributed by atoms with van der Waals surface area (Å²) in [5.41, 5.74) is 2.95. The molecule has 0 spiro atoms. The molecular formula is C23H26NP. The van der Waals surface area contributed by atoms with Crippen LogP contribution in [0.15, 0.2) is 91.3 Å². The van der Waals surface area contributed by atoms with Gasteiger partial charge in [0.2, 0.25) is 0 Å².